The molecule has 0 bridgehead atoms. The molecule has 2 aromatic carbocycles. The Bertz CT molecular complexity index is 1110. The van der Waals surface area contributed by atoms with E-state index in [9.17, 15) is 32.7 Å². The third kappa shape index (κ3) is 6.77. The van der Waals surface area contributed by atoms with Gasteiger partial charge in [-0.05, 0) is 55.3 Å². The summed E-state index contributed by atoms with van der Waals surface area (Å²) in [6, 6.07) is 9.26. The fraction of sp³-hybridized carbons (Fsp3) is 0.261. The van der Waals surface area contributed by atoms with Crippen LogP contribution in [0.3, 0.4) is 0 Å². The Morgan fingerprint density at radius 2 is 1.65 bits per heavy atom. The van der Waals surface area contributed by atoms with Crippen molar-refractivity contribution in [2.45, 2.75) is 23.9 Å². The average Bonchev–Trinajstić information content (AvgIpc) is 2.79. The first-order valence-electron chi connectivity index (χ1n) is 10.1. The molecule has 2 aromatic rings. The van der Waals surface area contributed by atoms with Gasteiger partial charge in [-0.2, -0.15) is 13.2 Å². The van der Waals surface area contributed by atoms with Crippen molar-refractivity contribution in [2.24, 2.45) is 11.8 Å². The number of alkyl halides is 3. The molecule has 0 spiro atoms. The molecule has 3 rings (SSSR count). The number of carbonyl (C=O) groups excluding carboxylic acids is 2. The van der Waals surface area contributed by atoms with Gasteiger partial charge in [0.2, 0.25) is 11.8 Å². The number of allylic oxidation sites excluding steroid dienone is 2. The van der Waals surface area contributed by atoms with Gasteiger partial charge in [-0.3, -0.25) is 14.4 Å². The minimum Gasteiger partial charge on any atom is -0.481 e. The lowest BCUT2D eigenvalue weighted by molar-refractivity contribution is -0.146. The summed E-state index contributed by atoms with van der Waals surface area (Å²) in [7, 11) is 0. The molecule has 0 aliphatic heterocycles. The number of hydrogen-bond acceptors (Lipinski definition) is 4. The summed E-state index contributed by atoms with van der Waals surface area (Å²) in [5.41, 5.74) is -0.568. The standard InChI is InChI=1S/C23H20ClF3N2O4S/c24-18-10-5-13(23(25,26)27)11-19(18)29-20(30)12-34-15-8-6-14(7-9-15)28-21(31)16-3-1-2-4-17(16)22(32)33/h1-2,5-11,16-17H,3-4,12H2,(H,28,31)(H,29,30)(H,32,33). The Labute approximate surface area is 202 Å². The predicted octanol–water partition coefficient (Wildman–Crippen LogP) is 5.70. The van der Waals surface area contributed by atoms with E-state index in [2.05, 4.69) is 10.6 Å². The fourth-order valence-corrected chi connectivity index (χ4v) is 4.24. The summed E-state index contributed by atoms with van der Waals surface area (Å²) < 4.78 is 38.6. The first kappa shape index (κ1) is 25.6. The lowest BCUT2D eigenvalue weighted by Crippen LogP contribution is -2.34. The van der Waals surface area contributed by atoms with Gasteiger partial charge in [-0.15, -0.1) is 11.8 Å². The number of hydrogen-bond donors (Lipinski definition) is 3. The minimum absolute atomic E-state index is 0.00922. The van der Waals surface area contributed by atoms with Crippen LogP contribution in [0.4, 0.5) is 24.5 Å². The molecule has 3 N–H and O–H groups in total. The number of aliphatic carboxylic acids is 1. The molecule has 0 heterocycles. The number of rotatable bonds is 7. The van der Waals surface area contributed by atoms with Gasteiger partial charge in [0.25, 0.3) is 0 Å². The quantitative estimate of drug-likeness (QED) is 0.327. The molecule has 0 fully saturated rings. The van der Waals surface area contributed by atoms with Crippen LogP contribution in [-0.4, -0.2) is 28.6 Å². The van der Waals surface area contributed by atoms with E-state index < -0.39 is 35.5 Å². The number of carboxylic acid groups (broad SMARTS) is 1. The van der Waals surface area contributed by atoms with E-state index in [1.807, 2.05) is 0 Å². The molecule has 2 atom stereocenters. The predicted molar refractivity (Wildman–Crippen MR) is 124 cm³/mol. The molecule has 1 aliphatic rings. The highest BCUT2D eigenvalue weighted by Gasteiger charge is 2.34. The second-order valence-electron chi connectivity index (χ2n) is 7.54. The summed E-state index contributed by atoms with van der Waals surface area (Å²) in [4.78, 5) is 36.8. The molecule has 11 heteroatoms. The molecule has 180 valence electrons. The molecule has 34 heavy (non-hydrogen) atoms. The van der Waals surface area contributed by atoms with Gasteiger partial charge in [0, 0.05) is 10.6 Å². The summed E-state index contributed by atoms with van der Waals surface area (Å²) in [6.07, 6.45) is -0.358. The number of benzene rings is 2. The van der Waals surface area contributed by atoms with E-state index in [-0.39, 0.29) is 22.4 Å². The van der Waals surface area contributed by atoms with Crippen molar-refractivity contribution in [3.8, 4) is 0 Å². The molecule has 0 radical (unpaired) electrons. The molecular weight excluding hydrogens is 493 g/mol. The SMILES string of the molecule is O=C(CSc1ccc(NC(=O)C2CC=CCC2C(=O)O)cc1)Nc1cc(C(F)(F)F)ccc1Cl. The van der Waals surface area contributed by atoms with Crippen molar-refractivity contribution in [3.63, 3.8) is 0 Å². The second-order valence-corrected chi connectivity index (χ2v) is 8.99. The Kier molecular flexibility index (Phi) is 8.27. The fourth-order valence-electron chi connectivity index (χ4n) is 3.38. The zero-order chi connectivity index (χ0) is 24.9. The van der Waals surface area contributed by atoms with Crippen LogP contribution in [0, 0.1) is 11.8 Å². The van der Waals surface area contributed by atoms with Crippen molar-refractivity contribution in [2.75, 3.05) is 16.4 Å². The van der Waals surface area contributed by atoms with Gasteiger partial charge < -0.3 is 15.7 Å². The molecule has 2 amide bonds. The van der Waals surface area contributed by atoms with E-state index in [0.717, 1.165) is 30.0 Å². The average molecular weight is 513 g/mol. The third-order valence-corrected chi connectivity index (χ3v) is 6.49. The maximum absolute atomic E-state index is 12.9. The van der Waals surface area contributed by atoms with Crippen LogP contribution in [0.25, 0.3) is 0 Å². The zero-order valence-corrected chi connectivity index (χ0v) is 19.1. The molecule has 2 unspecified atom stereocenters. The molecular formula is C23H20ClF3N2O4S. The van der Waals surface area contributed by atoms with E-state index in [0.29, 0.717) is 23.4 Å². The lowest BCUT2D eigenvalue weighted by atomic mass is 9.82. The first-order valence-corrected chi connectivity index (χ1v) is 11.5. The third-order valence-electron chi connectivity index (χ3n) is 5.15. The van der Waals surface area contributed by atoms with Gasteiger partial charge in [0.15, 0.2) is 0 Å². The van der Waals surface area contributed by atoms with Gasteiger partial charge in [-0.1, -0.05) is 23.8 Å². The Hall–Kier alpha value is -2.98. The van der Waals surface area contributed by atoms with E-state index in [1.54, 1.807) is 36.4 Å². The van der Waals surface area contributed by atoms with Gasteiger partial charge in [0.1, 0.15) is 0 Å². The van der Waals surface area contributed by atoms with Crippen LogP contribution >= 0.6 is 23.4 Å². The lowest BCUT2D eigenvalue weighted by Gasteiger charge is -2.24. The number of carbonyl (C=O) groups is 3. The molecule has 0 aromatic heterocycles. The minimum atomic E-state index is -4.56. The molecule has 6 nitrogen and oxygen atoms in total. The number of anilines is 2. The van der Waals surface area contributed by atoms with Crippen molar-refractivity contribution >= 4 is 52.5 Å². The summed E-state index contributed by atoms with van der Waals surface area (Å²) in [5, 5.41) is 14.4. The zero-order valence-electron chi connectivity index (χ0n) is 17.6. The second kappa shape index (κ2) is 11.0. The van der Waals surface area contributed by atoms with Crippen molar-refractivity contribution in [1.29, 1.82) is 0 Å². The number of nitrogens with one attached hydrogen (secondary N) is 2. The van der Waals surface area contributed by atoms with Gasteiger partial charge in [0.05, 0.1) is 33.9 Å². The number of amides is 2. The highest BCUT2D eigenvalue weighted by atomic mass is 35.5. The summed E-state index contributed by atoms with van der Waals surface area (Å²) >= 11 is 7.04. The van der Waals surface area contributed by atoms with Crippen molar-refractivity contribution in [3.05, 3.63) is 65.2 Å². The van der Waals surface area contributed by atoms with Crippen LogP contribution in [0.15, 0.2) is 59.5 Å². The highest BCUT2D eigenvalue weighted by Crippen LogP contribution is 2.34. The van der Waals surface area contributed by atoms with Gasteiger partial charge in [-0.25, -0.2) is 0 Å². The van der Waals surface area contributed by atoms with Crippen LogP contribution in [0.2, 0.25) is 5.02 Å². The van der Waals surface area contributed by atoms with Gasteiger partial charge >= 0.3 is 12.1 Å². The topological polar surface area (TPSA) is 95.5 Å². The molecule has 1 aliphatic carbocycles. The Morgan fingerprint density at radius 3 is 2.26 bits per heavy atom. The Balaban J connectivity index is 1.54. The highest BCUT2D eigenvalue weighted by molar-refractivity contribution is 8.00. The van der Waals surface area contributed by atoms with Crippen LogP contribution < -0.4 is 10.6 Å². The largest absolute Gasteiger partial charge is 0.481 e. The first-order chi connectivity index (χ1) is 16.0. The number of thioether (sulfide) groups is 1. The van der Waals surface area contributed by atoms with Crippen LogP contribution in [0.1, 0.15) is 18.4 Å². The van der Waals surface area contributed by atoms with E-state index in [4.69, 9.17) is 11.6 Å². The maximum atomic E-state index is 12.9. The number of carboxylic acids is 1. The van der Waals surface area contributed by atoms with E-state index in [1.165, 1.54) is 0 Å². The van der Waals surface area contributed by atoms with Crippen LogP contribution in [-0.2, 0) is 20.6 Å². The Morgan fingerprint density at radius 1 is 1.00 bits per heavy atom. The van der Waals surface area contributed by atoms with Crippen molar-refractivity contribution < 1.29 is 32.7 Å². The summed E-state index contributed by atoms with van der Waals surface area (Å²) in [6.45, 7) is 0. The van der Waals surface area contributed by atoms with E-state index >= 15 is 0 Å². The monoisotopic (exact) mass is 512 g/mol. The van der Waals surface area contributed by atoms with Crippen LogP contribution in [0.5, 0.6) is 0 Å². The normalized spacial score (nSPS) is 17.8. The maximum Gasteiger partial charge on any atom is 0.416 e. The molecule has 0 saturated carbocycles. The van der Waals surface area contributed by atoms with Crippen molar-refractivity contribution in [1.82, 2.24) is 0 Å². The smallest absolute Gasteiger partial charge is 0.416 e. The molecule has 0 saturated heterocycles. The number of halogens is 4. The summed E-state index contributed by atoms with van der Waals surface area (Å²) in [5.74, 6) is -3.44.